The van der Waals surface area contributed by atoms with Gasteiger partial charge in [0.05, 0.1) is 0 Å². The van der Waals surface area contributed by atoms with Crippen LogP contribution < -0.4 is 0 Å². The molecule has 190 valence electrons. The molecule has 0 bridgehead atoms. The summed E-state index contributed by atoms with van der Waals surface area (Å²) in [5.74, 6) is -7.37. The molecule has 0 heterocycles. The molecule has 7 heteroatoms. The van der Waals surface area contributed by atoms with E-state index < -0.39 is 40.7 Å². The van der Waals surface area contributed by atoms with Gasteiger partial charge in [0, 0.05) is 11.1 Å². The van der Waals surface area contributed by atoms with E-state index in [2.05, 4.69) is 0 Å². The van der Waals surface area contributed by atoms with Crippen molar-refractivity contribution in [2.24, 2.45) is 0 Å². The van der Waals surface area contributed by atoms with Gasteiger partial charge in [0.15, 0.2) is 23.3 Å². The second-order valence-corrected chi connectivity index (χ2v) is 8.52. The van der Waals surface area contributed by atoms with E-state index in [1.165, 1.54) is 25.1 Å². The molecule has 0 aliphatic rings. The summed E-state index contributed by atoms with van der Waals surface area (Å²) in [4.78, 5) is 0. The molecule has 0 aromatic heterocycles. The molecule has 4 aromatic rings. The van der Waals surface area contributed by atoms with Crippen molar-refractivity contribution in [3.8, 4) is 22.3 Å². The Morgan fingerprint density at radius 3 is 1.84 bits per heavy atom. The lowest BCUT2D eigenvalue weighted by Crippen LogP contribution is -1.97. The molecule has 4 rings (SSSR count). The lowest BCUT2D eigenvalue weighted by Gasteiger charge is -2.10. The zero-order chi connectivity index (χ0) is 26.7. The van der Waals surface area contributed by atoms with E-state index >= 15 is 0 Å². The van der Waals surface area contributed by atoms with E-state index in [0.717, 1.165) is 18.2 Å². The van der Waals surface area contributed by atoms with Crippen molar-refractivity contribution < 1.29 is 30.7 Å². The Kier molecular flexibility index (Phi) is 7.81. The molecule has 0 aliphatic heterocycles. The van der Waals surface area contributed by atoms with Crippen LogP contribution in [-0.4, -0.2) is 0 Å². The fourth-order valence-corrected chi connectivity index (χ4v) is 3.99. The predicted octanol–water partition coefficient (Wildman–Crippen LogP) is 9.52. The topological polar surface area (TPSA) is 0 Å². The molecule has 0 atom stereocenters. The lowest BCUT2D eigenvalue weighted by atomic mass is 9.97. The molecule has 0 radical (unpaired) electrons. The first-order chi connectivity index (χ1) is 17.7. The Hall–Kier alpha value is -3.87. The van der Waals surface area contributed by atoms with E-state index in [1.54, 1.807) is 36.4 Å². The van der Waals surface area contributed by atoms with Crippen LogP contribution in [0.15, 0.2) is 78.6 Å². The highest BCUT2D eigenvalue weighted by Crippen LogP contribution is 2.30. The molecule has 0 N–H and O–H groups in total. The first-order valence-corrected chi connectivity index (χ1v) is 11.5. The van der Waals surface area contributed by atoms with Gasteiger partial charge >= 0.3 is 0 Å². The van der Waals surface area contributed by atoms with E-state index in [4.69, 9.17) is 0 Å². The summed E-state index contributed by atoms with van der Waals surface area (Å²) in [6.45, 7) is 1.46. The van der Waals surface area contributed by atoms with E-state index in [1.807, 2.05) is 0 Å². The van der Waals surface area contributed by atoms with Crippen LogP contribution in [-0.2, 0) is 12.8 Å². The van der Waals surface area contributed by atoms with Gasteiger partial charge in [-0.25, -0.2) is 30.7 Å². The van der Waals surface area contributed by atoms with Gasteiger partial charge in [-0.1, -0.05) is 55.5 Å². The third kappa shape index (κ3) is 5.77. The largest absolute Gasteiger partial charge is 0.209 e. The van der Waals surface area contributed by atoms with Crippen molar-refractivity contribution >= 4 is 5.83 Å². The van der Waals surface area contributed by atoms with Crippen molar-refractivity contribution in [3.05, 3.63) is 124 Å². The highest BCUT2D eigenvalue weighted by Gasteiger charge is 2.14. The monoisotopic (exact) mass is 514 g/mol. The summed E-state index contributed by atoms with van der Waals surface area (Å²) in [5.41, 5.74) is 2.13. The molecule has 0 saturated carbocycles. The minimum atomic E-state index is -1.55. The van der Waals surface area contributed by atoms with E-state index in [9.17, 15) is 30.7 Å². The summed E-state index contributed by atoms with van der Waals surface area (Å²) in [6, 6.07) is 16.3. The fourth-order valence-electron chi connectivity index (χ4n) is 3.99. The van der Waals surface area contributed by atoms with Crippen LogP contribution in [0.3, 0.4) is 0 Å². The molecule has 0 aliphatic carbocycles. The Morgan fingerprint density at radius 1 is 0.595 bits per heavy atom. The standard InChI is InChI=1S/C30H21F7/c1-2-24(31)29(36)21-11-10-20(25(32)14-21)5-3-17-4-12-23(26(33)13-17)19-8-6-18(7-9-19)22-15-27(34)30(37)28(35)16-22/h4,6-16H,2-3,5H2,1H3. The Bertz CT molecular complexity index is 1450. The van der Waals surface area contributed by atoms with Gasteiger partial charge < -0.3 is 0 Å². The number of halogens is 7. The highest BCUT2D eigenvalue weighted by molar-refractivity contribution is 5.71. The SMILES string of the molecule is CCC(F)=C(F)c1ccc(CCc2ccc(-c3ccc(-c4cc(F)c(F)c(F)c4)cc3)c(F)c2)c(F)c1. The van der Waals surface area contributed by atoms with Crippen LogP contribution in [0.2, 0.25) is 0 Å². The number of hydrogen-bond donors (Lipinski definition) is 0. The molecule has 0 nitrogen and oxygen atoms in total. The van der Waals surface area contributed by atoms with Gasteiger partial charge in [0.2, 0.25) is 0 Å². The summed E-state index contributed by atoms with van der Waals surface area (Å²) >= 11 is 0. The van der Waals surface area contributed by atoms with Crippen LogP contribution >= 0.6 is 0 Å². The third-order valence-electron chi connectivity index (χ3n) is 6.08. The van der Waals surface area contributed by atoms with Crippen molar-refractivity contribution in [2.75, 3.05) is 0 Å². The maximum absolute atomic E-state index is 14.9. The van der Waals surface area contributed by atoms with Gasteiger partial charge in [0.1, 0.15) is 17.5 Å². The van der Waals surface area contributed by atoms with Crippen LogP contribution in [0.25, 0.3) is 28.1 Å². The Morgan fingerprint density at radius 2 is 1.24 bits per heavy atom. The lowest BCUT2D eigenvalue weighted by molar-refractivity contribution is 0.448. The smallest absolute Gasteiger partial charge is 0.194 e. The predicted molar refractivity (Wildman–Crippen MR) is 130 cm³/mol. The van der Waals surface area contributed by atoms with Crippen molar-refractivity contribution in [1.29, 1.82) is 0 Å². The molecular weight excluding hydrogens is 493 g/mol. The first kappa shape index (κ1) is 26.2. The van der Waals surface area contributed by atoms with E-state index in [-0.39, 0.29) is 24.0 Å². The zero-order valence-corrected chi connectivity index (χ0v) is 19.7. The average molecular weight is 514 g/mol. The second-order valence-electron chi connectivity index (χ2n) is 8.52. The molecule has 0 saturated heterocycles. The molecular formula is C30H21F7. The molecule has 0 unspecified atom stereocenters. The van der Waals surface area contributed by atoms with Crippen molar-refractivity contribution in [2.45, 2.75) is 26.2 Å². The quantitative estimate of drug-likeness (QED) is 0.170. The minimum absolute atomic E-state index is 0.130. The fraction of sp³-hybridized carbons (Fsp3) is 0.133. The van der Waals surface area contributed by atoms with Gasteiger partial charge in [-0.15, -0.1) is 0 Å². The van der Waals surface area contributed by atoms with Gasteiger partial charge in [-0.2, -0.15) is 0 Å². The number of allylic oxidation sites excluding steroid dienone is 1. The summed E-state index contributed by atoms with van der Waals surface area (Å²) < 4.78 is 96.9. The number of aryl methyl sites for hydroxylation is 2. The maximum atomic E-state index is 14.9. The molecule has 37 heavy (non-hydrogen) atoms. The number of hydrogen-bond acceptors (Lipinski definition) is 0. The summed E-state index contributed by atoms with van der Waals surface area (Å²) in [7, 11) is 0. The normalized spacial score (nSPS) is 12.0. The Labute approximate surface area is 209 Å². The van der Waals surface area contributed by atoms with Crippen molar-refractivity contribution in [3.63, 3.8) is 0 Å². The van der Waals surface area contributed by atoms with Gasteiger partial charge in [0.25, 0.3) is 0 Å². The second kappa shape index (κ2) is 11.0. The molecule has 0 spiro atoms. The third-order valence-corrected chi connectivity index (χ3v) is 6.08. The van der Waals surface area contributed by atoms with Crippen LogP contribution in [0.1, 0.15) is 30.0 Å². The van der Waals surface area contributed by atoms with Crippen LogP contribution in [0.5, 0.6) is 0 Å². The zero-order valence-electron chi connectivity index (χ0n) is 19.7. The van der Waals surface area contributed by atoms with Crippen LogP contribution in [0, 0.1) is 29.1 Å². The number of rotatable bonds is 7. The Balaban J connectivity index is 1.47. The maximum Gasteiger partial charge on any atom is 0.194 e. The van der Waals surface area contributed by atoms with E-state index in [0.29, 0.717) is 34.2 Å². The van der Waals surface area contributed by atoms with Gasteiger partial charge in [-0.05, 0) is 71.3 Å². The minimum Gasteiger partial charge on any atom is -0.209 e. The van der Waals surface area contributed by atoms with Crippen LogP contribution in [0.4, 0.5) is 30.7 Å². The number of benzene rings is 4. The molecule has 0 fully saturated rings. The average Bonchev–Trinajstić information content (AvgIpc) is 2.90. The summed E-state index contributed by atoms with van der Waals surface area (Å²) in [6.07, 6.45) is 0.414. The highest BCUT2D eigenvalue weighted by atomic mass is 19.2. The molecule has 0 amide bonds. The van der Waals surface area contributed by atoms with Crippen molar-refractivity contribution in [1.82, 2.24) is 0 Å². The first-order valence-electron chi connectivity index (χ1n) is 11.5. The summed E-state index contributed by atoms with van der Waals surface area (Å²) in [5, 5.41) is 0. The molecule has 4 aromatic carbocycles. The van der Waals surface area contributed by atoms with Gasteiger partial charge in [-0.3, -0.25) is 0 Å².